The monoisotopic (exact) mass is 124 g/mol. The zero-order valence-electron chi connectivity index (χ0n) is 2.89. The van der Waals surface area contributed by atoms with Crippen molar-refractivity contribution < 1.29 is 0 Å². The van der Waals surface area contributed by atoms with Gasteiger partial charge in [-0.15, -0.1) is 9.24 Å². The van der Waals surface area contributed by atoms with Gasteiger partial charge in [0.05, 0.1) is 3.82 Å². The molecule has 0 N–H and O–H groups in total. The van der Waals surface area contributed by atoms with Gasteiger partial charge in [-0.05, 0) is 6.92 Å². The number of rotatable bonds is 0. The van der Waals surface area contributed by atoms with E-state index in [-0.39, 0.29) is 0 Å². The van der Waals surface area contributed by atoms with E-state index in [2.05, 4.69) is 16.2 Å². The van der Waals surface area contributed by atoms with Crippen molar-refractivity contribution in [2.75, 3.05) is 0 Å². The second kappa shape index (κ2) is 1.05. The molecule has 0 bridgehead atoms. The van der Waals surface area contributed by atoms with Gasteiger partial charge >= 0.3 is 0 Å². The fourth-order valence-electron chi connectivity index (χ4n) is 0.0657. The van der Waals surface area contributed by atoms with Gasteiger partial charge in [-0.2, -0.15) is 0 Å². The van der Waals surface area contributed by atoms with Gasteiger partial charge in [-0.25, -0.2) is 0 Å². The van der Waals surface area contributed by atoms with E-state index in [1.165, 1.54) is 0 Å². The summed E-state index contributed by atoms with van der Waals surface area (Å²) in [6.45, 7) is 2.19. The Balaban J connectivity index is 2.38. The molecule has 1 rings (SSSR count). The summed E-state index contributed by atoms with van der Waals surface area (Å²) in [7, 11) is 6.56. The van der Waals surface area contributed by atoms with Gasteiger partial charge in [0.1, 0.15) is 0 Å². The third kappa shape index (κ3) is 1.34. The molecule has 1 heterocycles. The molecule has 3 heteroatoms. The molecule has 1 unspecified atom stereocenters. The van der Waals surface area contributed by atoms with Crippen molar-refractivity contribution >= 4 is 30.8 Å². The Kier molecular flexibility index (Phi) is 0.901. The molecule has 0 aliphatic carbocycles. The molecule has 1 aliphatic heterocycles. The quantitative estimate of drug-likeness (QED) is 0.275. The van der Waals surface area contributed by atoms with E-state index in [9.17, 15) is 0 Å². The molecule has 0 aromatic rings. The van der Waals surface area contributed by atoms with E-state index in [4.69, 9.17) is 0 Å². The van der Waals surface area contributed by atoms with E-state index < -0.39 is 0 Å². The molecule has 0 aromatic heterocycles. The van der Waals surface area contributed by atoms with E-state index in [0.717, 1.165) is 0 Å². The second-order valence-corrected chi connectivity index (χ2v) is 6.46. The van der Waals surface area contributed by atoms with Crippen LogP contribution in [0, 0.1) is 0 Å². The first-order chi connectivity index (χ1) is 2.21. The van der Waals surface area contributed by atoms with Crippen LogP contribution in [-0.4, -0.2) is 3.82 Å². The first-order valence-corrected chi connectivity index (χ1v) is 4.09. The largest absolute Gasteiger partial charge is 0.108 e. The maximum absolute atomic E-state index is 2.75. The summed E-state index contributed by atoms with van der Waals surface area (Å²) < 4.78 is 0.500. The molecule has 0 aromatic carbocycles. The number of hydrogen-bond acceptors (Lipinski definition) is 2. The van der Waals surface area contributed by atoms with Crippen LogP contribution in [-0.2, 0) is 0 Å². The van der Waals surface area contributed by atoms with Crippen molar-refractivity contribution in [3.05, 3.63) is 0 Å². The van der Waals surface area contributed by atoms with Gasteiger partial charge in [0, 0.05) is 0 Å². The first-order valence-electron chi connectivity index (χ1n) is 1.36. The summed E-state index contributed by atoms with van der Waals surface area (Å²) in [5.41, 5.74) is 0. The minimum absolute atomic E-state index is 0.500. The molecule has 0 radical (unpaired) electrons. The summed E-state index contributed by atoms with van der Waals surface area (Å²) in [6, 6.07) is 0. The molecule has 1 saturated heterocycles. The lowest BCUT2D eigenvalue weighted by atomic mass is 10.9. The highest BCUT2D eigenvalue weighted by atomic mass is 33.2. The SMILES string of the molecule is CC1(P)SS1. The fourth-order valence-corrected chi connectivity index (χ4v) is 1.02. The summed E-state index contributed by atoms with van der Waals surface area (Å²) >= 11 is 0. The highest BCUT2D eigenvalue weighted by Gasteiger charge is 2.34. The Bertz CT molecular complexity index is 45.6. The lowest BCUT2D eigenvalue weighted by Crippen LogP contribution is -1.72. The molecule has 5 heavy (non-hydrogen) atoms. The third-order valence-electron chi connectivity index (χ3n) is 0.346. The van der Waals surface area contributed by atoms with Crippen LogP contribution in [0.25, 0.3) is 0 Å². The van der Waals surface area contributed by atoms with Gasteiger partial charge in [0.15, 0.2) is 0 Å². The Morgan fingerprint density at radius 1 is 1.60 bits per heavy atom. The number of hydrogen-bond donors (Lipinski definition) is 0. The van der Waals surface area contributed by atoms with Crippen LogP contribution < -0.4 is 0 Å². The Hall–Kier alpha value is 1.13. The Morgan fingerprint density at radius 3 is 1.80 bits per heavy atom. The maximum Gasteiger partial charge on any atom is 0.0923 e. The summed E-state index contributed by atoms with van der Waals surface area (Å²) in [5, 5.41) is 0. The molecule has 1 fully saturated rings. The molecule has 1 aliphatic rings. The third-order valence-corrected chi connectivity index (χ3v) is 4.85. The van der Waals surface area contributed by atoms with E-state index in [0.29, 0.717) is 3.82 Å². The van der Waals surface area contributed by atoms with Crippen LogP contribution in [0.15, 0.2) is 0 Å². The first kappa shape index (κ1) is 4.29. The van der Waals surface area contributed by atoms with Crippen LogP contribution in [0.3, 0.4) is 0 Å². The molecular weight excluding hydrogens is 119 g/mol. The Labute approximate surface area is 42.1 Å². The van der Waals surface area contributed by atoms with Crippen molar-refractivity contribution in [3.8, 4) is 0 Å². The molecule has 0 nitrogen and oxygen atoms in total. The van der Waals surface area contributed by atoms with Gasteiger partial charge in [0.25, 0.3) is 0 Å². The van der Waals surface area contributed by atoms with Crippen molar-refractivity contribution in [3.63, 3.8) is 0 Å². The van der Waals surface area contributed by atoms with Crippen LogP contribution in [0.5, 0.6) is 0 Å². The zero-order chi connectivity index (χ0) is 3.91. The highest BCUT2D eigenvalue weighted by molar-refractivity contribution is 8.95. The van der Waals surface area contributed by atoms with Gasteiger partial charge in [-0.3, -0.25) is 0 Å². The van der Waals surface area contributed by atoms with Gasteiger partial charge in [-0.1, -0.05) is 21.6 Å². The van der Waals surface area contributed by atoms with Gasteiger partial charge in [0.2, 0.25) is 0 Å². The lowest BCUT2D eigenvalue weighted by molar-refractivity contribution is 1.38. The second-order valence-electron chi connectivity index (χ2n) is 1.18. The van der Waals surface area contributed by atoms with Crippen LogP contribution in [0.1, 0.15) is 6.92 Å². The lowest BCUT2D eigenvalue weighted by Gasteiger charge is -1.80. The van der Waals surface area contributed by atoms with Crippen molar-refractivity contribution in [2.45, 2.75) is 10.7 Å². The standard InChI is InChI=1S/C2H5PS2/c1-2(3)4-5-2/h3H2,1H3. The Morgan fingerprint density at radius 2 is 1.80 bits per heavy atom. The smallest absolute Gasteiger partial charge is 0.0923 e. The van der Waals surface area contributed by atoms with Crippen molar-refractivity contribution in [1.82, 2.24) is 0 Å². The van der Waals surface area contributed by atoms with E-state index >= 15 is 0 Å². The average Bonchev–Trinajstić information content (AvgIpc) is 1.76. The van der Waals surface area contributed by atoms with E-state index in [1.54, 1.807) is 0 Å². The average molecular weight is 124 g/mol. The molecule has 0 spiro atoms. The van der Waals surface area contributed by atoms with Crippen LogP contribution >= 0.6 is 30.8 Å². The minimum Gasteiger partial charge on any atom is -0.108 e. The molecule has 30 valence electrons. The predicted molar refractivity (Wildman–Crippen MR) is 33.3 cm³/mol. The van der Waals surface area contributed by atoms with Crippen molar-refractivity contribution in [2.24, 2.45) is 0 Å². The van der Waals surface area contributed by atoms with Crippen molar-refractivity contribution in [1.29, 1.82) is 0 Å². The topological polar surface area (TPSA) is 0 Å². The summed E-state index contributed by atoms with van der Waals surface area (Å²) in [5.74, 6) is 0. The minimum atomic E-state index is 0.500. The summed E-state index contributed by atoms with van der Waals surface area (Å²) in [4.78, 5) is 0. The van der Waals surface area contributed by atoms with E-state index in [1.807, 2.05) is 21.6 Å². The molecule has 0 amide bonds. The molecular formula is C2H5PS2. The van der Waals surface area contributed by atoms with Gasteiger partial charge < -0.3 is 0 Å². The van der Waals surface area contributed by atoms with Crippen LogP contribution in [0.2, 0.25) is 0 Å². The molecule has 1 atom stereocenters. The van der Waals surface area contributed by atoms with Crippen LogP contribution in [0.4, 0.5) is 0 Å². The normalized spacial score (nSPS) is 30.0. The predicted octanol–water partition coefficient (Wildman–Crippen LogP) is 1.93. The molecule has 0 saturated carbocycles. The summed E-state index contributed by atoms with van der Waals surface area (Å²) in [6.07, 6.45) is 0. The highest BCUT2D eigenvalue weighted by Crippen LogP contribution is 2.68. The maximum atomic E-state index is 2.75. The fraction of sp³-hybridized carbons (Fsp3) is 1.00. The zero-order valence-corrected chi connectivity index (χ0v) is 5.68.